The van der Waals surface area contributed by atoms with E-state index in [0.29, 0.717) is 22.7 Å². The van der Waals surface area contributed by atoms with E-state index in [1.165, 1.54) is 22.5 Å². The highest BCUT2D eigenvalue weighted by molar-refractivity contribution is 7.16. The first-order chi connectivity index (χ1) is 13.5. The van der Waals surface area contributed by atoms with E-state index in [0.717, 1.165) is 22.1 Å². The number of ether oxygens (including phenoxy) is 1. The number of aromatic nitrogens is 1. The number of benzene rings is 2. The Morgan fingerprint density at radius 1 is 1.18 bits per heavy atom. The monoisotopic (exact) mass is 394 g/mol. The largest absolute Gasteiger partial charge is 0.490 e. The lowest BCUT2D eigenvalue weighted by Crippen LogP contribution is -2.15. The molecule has 5 nitrogen and oxygen atoms in total. The number of para-hydroxylation sites is 1. The van der Waals surface area contributed by atoms with Gasteiger partial charge in [0.2, 0.25) is 0 Å². The fraction of sp³-hybridized carbons (Fsp3) is 0.273. The molecule has 144 valence electrons. The maximum absolute atomic E-state index is 12.8. The van der Waals surface area contributed by atoms with Crippen LogP contribution < -0.4 is 9.54 Å². The molecule has 6 heteroatoms. The Bertz CT molecular complexity index is 1260. The van der Waals surface area contributed by atoms with E-state index in [-0.39, 0.29) is 11.7 Å². The highest BCUT2D eigenvalue weighted by Crippen LogP contribution is 2.29. The van der Waals surface area contributed by atoms with Crippen molar-refractivity contribution in [1.82, 2.24) is 4.57 Å². The molecule has 0 bridgehead atoms. The molecular weight excluding hydrogens is 372 g/mol. The Morgan fingerprint density at radius 2 is 1.96 bits per heavy atom. The quantitative estimate of drug-likeness (QED) is 0.476. The molecule has 2 aromatic heterocycles. The zero-order valence-corrected chi connectivity index (χ0v) is 17.2. The van der Waals surface area contributed by atoms with E-state index in [1.807, 2.05) is 25.1 Å². The summed E-state index contributed by atoms with van der Waals surface area (Å²) in [6.45, 7) is 9.43. The molecule has 2 aromatic carbocycles. The molecule has 0 atom stereocenters. The summed E-state index contributed by atoms with van der Waals surface area (Å²) in [6, 6.07) is 11.7. The maximum Gasteiger partial charge on any atom is 0.315 e. The fourth-order valence-corrected chi connectivity index (χ4v) is 4.44. The average molecular weight is 394 g/mol. The summed E-state index contributed by atoms with van der Waals surface area (Å²) >= 11 is 1.52. The molecule has 0 aliphatic rings. The summed E-state index contributed by atoms with van der Waals surface area (Å²) in [4.78, 5) is 17.9. The van der Waals surface area contributed by atoms with Crippen molar-refractivity contribution in [3.8, 4) is 5.75 Å². The highest BCUT2D eigenvalue weighted by Gasteiger charge is 2.16. The Balaban J connectivity index is 1.82. The van der Waals surface area contributed by atoms with Gasteiger partial charge in [-0.15, -0.1) is 0 Å². The van der Waals surface area contributed by atoms with Gasteiger partial charge in [0.15, 0.2) is 21.9 Å². The highest BCUT2D eigenvalue weighted by atomic mass is 32.1. The minimum absolute atomic E-state index is 0.217. The minimum atomic E-state index is -0.388. The van der Waals surface area contributed by atoms with Gasteiger partial charge in [-0.05, 0) is 63.1 Å². The minimum Gasteiger partial charge on any atom is -0.490 e. The standard InChI is InChI=1S/C22H22N2O3S/c1-5-24-16-10-13(3)14(4)11-19(16)28-22(24)23-21(25)18-12-15-8-7-9-17(26-6-2)20(15)27-18/h7-12H,5-6H2,1-4H3. The Kier molecular flexibility index (Phi) is 4.81. The van der Waals surface area contributed by atoms with Crippen molar-refractivity contribution >= 4 is 38.4 Å². The summed E-state index contributed by atoms with van der Waals surface area (Å²) in [5.74, 6) is 0.464. The number of hydrogen-bond acceptors (Lipinski definition) is 4. The molecule has 28 heavy (non-hydrogen) atoms. The number of thiazole rings is 1. The topological polar surface area (TPSA) is 56.7 Å². The van der Waals surface area contributed by atoms with Gasteiger partial charge in [0.25, 0.3) is 0 Å². The SMILES string of the molecule is CCOc1cccc2cc(C(=O)N=c3sc4cc(C)c(C)cc4n3CC)oc12. The van der Waals surface area contributed by atoms with Crippen LogP contribution in [0.1, 0.15) is 35.5 Å². The second-order valence-corrected chi connectivity index (χ2v) is 7.68. The first-order valence-corrected chi connectivity index (χ1v) is 10.2. The molecule has 4 aromatic rings. The third kappa shape index (κ3) is 3.14. The third-order valence-electron chi connectivity index (χ3n) is 4.83. The molecule has 0 aliphatic carbocycles. The van der Waals surface area contributed by atoms with Crippen molar-refractivity contribution in [2.24, 2.45) is 4.99 Å². The predicted octanol–water partition coefficient (Wildman–Crippen LogP) is 5.23. The number of nitrogens with zero attached hydrogens (tertiary/aromatic N) is 2. The first kappa shape index (κ1) is 18.5. The number of carbonyl (C=O) groups is 1. The van der Waals surface area contributed by atoms with Crippen molar-refractivity contribution in [2.75, 3.05) is 6.61 Å². The van der Waals surface area contributed by atoms with Crippen LogP contribution >= 0.6 is 11.3 Å². The van der Waals surface area contributed by atoms with Gasteiger partial charge in [-0.3, -0.25) is 4.79 Å². The molecule has 4 rings (SSSR count). The lowest BCUT2D eigenvalue weighted by Gasteiger charge is -2.03. The van der Waals surface area contributed by atoms with Crippen LogP contribution in [-0.2, 0) is 6.54 Å². The molecule has 0 fully saturated rings. The molecule has 0 saturated carbocycles. The van der Waals surface area contributed by atoms with Crippen molar-refractivity contribution in [1.29, 1.82) is 0 Å². The van der Waals surface area contributed by atoms with Crippen LogP contribution in [0, 0.1) is 13.8 Å². The van der Waals surface area contributed by atoms with Crippen molar-refractivity contribution in [3.05, 3.63) is 58.1 Å². The van der Waals surface area contributed by atoms with Crippen LogP contribution in [-0.4, -0.2) is 17.1 Å². The molecule has 1 amide bonds. The lowest BCUT2D eigenvalue weighted by molar-refractivity contribution is 0.0973. The van der Waals surface area contributed by atoms with Gasteiger partial charge in [-0.2, -0.15) is 4.99 Å². The average Bonchev–Trinajstić information content (AvgIpc) is 3.24. The smallest absolute Gasteiger partial charge is 0.315 e. The van der Waals surface area contributed by atoms with Crippen LogP contribution in [0.5, 0.6) is 5.75 Å². The van der Waals surface area contributed by atoms with Crippen molar-refractivity contribution in [3.63, 3.8) is 0 Å². The number of furan rings is 1. The van der Waals surface area contributed by atoms with Crippen LogP contribution in [0.25, 0.3) is 21.2 Å². The zero-order valence-electron chi connectivity index (χ0n) is 16.4. The Morgan fingerprint density at radius 3 is 2.71 bits per heavy atom. The van der Waals surface area contributed by atoms with E-state index in [1.54, 1.807) is 6.07 Å². The fourth-order valence-electron chi connectivity index (χ4n) is 3.27. The second kappa shape index (κ2) is 7.28. The Labute approximate surface area is 166 Å². The number of fused-ring (bicyclic) bond motifs is 2. The lowest BCUT2D eigenvalue weighted by atomic mass is 10.1. The molecule has 2 heterocycles. The van der Waals surface area contributed by atoms with E-state index >= 15 is 0 Å². The molecule has 0 radical (unpaired) electrons. The van der Waals surface area contributed by atoms with Gasteiger partial charge < -0.3 is 13.7 Å². The normalized spacial score (nSPS) is 12.2. The number of amides is 1. The van der Waals surface area contributed by atoms with Gasteiger partial charge in [0.1, 0.15) is 0 Å². The van der Waals surface area contributed by atoms with Crippen LogP contribution in [0.15, 0.2) is 45.8 Å². The molecule has 0 saturated heterocycles. The molecular formula is C22H22N2O3S. The summed E-state index contributed by atoms with van der Waals surface area (Å²) in [5.41, 5.74) is 4.14. The van der Waals surface area contributed by atoms with E-state index in [2.05, 4.69) is 42.5 Å². The molecule has 0 spiro atoms. The van der Waals surface area contributed by atoms with Gasteiger partial charge in [0, 0.05) is 11.9 Å². The summed E-state index contributed by atoms with van der Waals surface area (Å²) < 4.78 is 14.6. The number of carbonyl (C=O) groups excluding carboxylic acids is 1. The van der Waals surface area contributed by atoms with Gasteiger partial charge >= 0.3 is 5.91 Å². The van der Waals surface area contributed by atoms with Gasteiger partial charge in [-0.1, -0.05) is 23.5 Å². The predicted molar refractivity (Wildman–Crippen MR) is 112 cm³/mol. The zero-order chi connectivity index (χ0) is 19.8. The summed E-state index contributed by atoms with van der Waals surface area (Å²) in [6.07, 6.45) is 0. The van der Waals surface area contributed by atoms with Gasteiger partial charge in [0.05, 0.1) is 16.8 Å². The third-order valence-corrected chi connectivity index (χ3v) is 5.87. The molecule has 0 unspecified atom stereocenters. The number of rotatable bonds is 4. The molecule has 0 N–H and O–H groups in total. The van der Waals surface area contributed by atoms with Crippen molar-refractivity contribution in [2.45, 2.75) is 34.2 Å². The number of aryl methyl sites for hydroxylation is 3. The van der Waals surface area contributed by atoms with Crippen molar-refractivity contribution < 1.29 is 13.9 Å². The van der Waals surface area contributed by atoms with Gasteiger partial charge in [-0.25, -0.2) is 0 Å². The van der Waals surface area contributed by atoms with E-state index in [9.17, 15) is 4.79 Å². The van der Waals surface area contributed by atoms with E-state index < -0.39 is 0 Å². The molecule has 0 aliphatic heterocycles. The Hall–Kier alpha value is -2.86. The first-order valence-electron chi connectivity index (χ1n) is 9.36. The van der Waals surface area contributed by atoms with Crippen LogP contribution in [0.4, 0.5) is 0 Å². The second-order valence-electron chi connectivity index (χ2n) is 6.67. The van der Waals surface area contributed by atoms with Crippen LogP contribution in [0.2, 0.25) is 0 Å². The van der Waals surface area contributed by atoms with Crippen LogP contribution in [0.3, 0.4) is 0 Å². The van der Waals surface area contributed by atoms with E-state index in [4.69, 9.17) is 9.15 Å². The number of hydrogen-bond donors (Lipinski definition) is 0. The maximum atomic E-state index is 12.8. The summed E-state index contributed by atoms with van der Waals surface area (Å²) in [7, 11) is 0. The summed E-state index contributed by atoms with van der Waals surface area (Å²) in [5, 5.41) is 0.829.